The maximum atomic E-state index is 11.0. The topological polar surface area (TPSA) is 89.3 Å². The minimum absolute atomic E-state index is 0.0532. The molecule has 4 nitrogen and oxygen atoms in total. The fraction of sp³-hybridized carbons (Fsp3) is 0.222. The van der Waals surface area contributed by atoms with Gasteiger partial charge in [-0.05, 0) is 18.2 Å². The van der Waals surface area contributed by atoms with Gasteiger partial charge < -0.3 is 16.6 Å². The first kappa shape index (κ1) is 10.9. The van der Waals surface area contributed by atoms with E-state index < -0.39 is 5.91 Å². The normalized spacial score (nSPS) is 10.1. The fourth-order valence-corrected chi connectivity index (χ4v) is 1.87. The molecule has 0 radical (unpaired) electrons. The van der Waals surface area contributed by atoms with Gasteiger partial charge in [0.2, 0.25) is 5.91 Å². The highest BCUT2D eigenvalue weighted by Gasteiger charge is 2.08. The first-order chi connectivity index (χ1) is 6.65. The number of amides is 1. The summed E-state index contributed by atoms with van der Waals surface area (Å²) in [7, 11) is 0. The largest absolute Gasteiger partial charge is 0.399 e. The maximum Gasteiger partial charge on any atom is 0.249 e. The maximum absolute atomic E-state index is 11.0. The number of carbonyl (C=O) groups excluding carboxylic acids is 1. The quantitative estimate of drug-likeness (QED) is 0.499. The standard InChI is InChI=1S/C9H12N2O2S/c10-6-1-2-7(9(11)13)8(5-6)14-4-3-12/h1-2,5,12H,3-4,10H2,(H2,11,13). The number of hydrogen-bond acceptors (Lipinski definition) is 4. The molecule has 5 heteroatoms. The van der Waals surface area contributed by atoms with Crippen LogP contribution in [-0.4, -0.2) is 23.4 Å². The summed E-state index contributed by atoms with van der Waals surface area (Å²) < 4.78 is 0. The van der Waals surface area contributed by atoms with E-state index in [1.165, 1.54) is 11.8 Å². The van der Waals surface area contributed by atoms with Crippen LogP contribution >= 0.6 is 11.8 Å². The van der Waals surface area contributed by atoms with Gasteiger partial charge in [0.05, 0.1) is 12.2 Å². The van der Waals surface area contributed by atoms with Crippen LogP contribution in [0.25, 0.3) is 0 Å². The Kier molecular flexibility index (Phi) is 3.79. The van der Waals surface area contributed by atoms with Crippen molar-refractivity contribution in [1.29, 1.82) is 0 Å². The number of carbonyl (C=O) groups is 1. The molecule has 1 aromatic rings. The summed E-state index contributed by atoms with van der Waals surface area (Å²) in [6.45, 7) is 0.0532. The van der Waals surface area contributed by atoms with E-state index in [9.17, 15) is 4.79 Å². The molecule has 0 atom stereocenters. The molecule has 0 saturated carbocycles. The minimum atomic E-state index is -0.481. The van der Waals surface area contributed by atoms with Crippen molar-refractivity contribution in [2.75, 3.05) is 18.1 Å². The summed E-state index contributed by atoms with van der Waals surface area (Å²) in [5.41, 5.74) is 11.8. The van der Waals surface area contributed by atoms with E-state index in [-0.39, 0.29) is 6.61 Å². The molecule has 0 bridgehead atoms. The van der Waals surface area contributed by atoms with Gasteiger partial charge in [0.15, 0.2) is 0 Å². The molecule has 0 fully saturated rings. The third kappa shape index (κ3) is 2.65. The average molecular weight is 212 g/mol. The Hall–Kier alpha value is -1.20. The van der Waals surface area contributed by atoms with Gasteiger partial charge in [-0.3, -0.25) is 4.79 Å². The number of primary amides is 1. The molecule has 0 aliphatic rings. The van der Waals surface area contributed by atoms with Gasteiger partial charge in [-0.25, -0.2) is 0 Å². The Morgan fingerprint density at radius 1 is 1.50 bits per heavy atom. The molecule has 0 aliphatic heterocycles. The van der Waals surface area contributed by atoms with Crippen LogP contribution < -0.4 is 11.5 Å². The van der Waals surface area contributed by atoms with Gasteiger partial charge in [0.25, 0.3) is 0 Å². The van der Waals surface area contributed by atoms with Crippen LogP contribution in [0.2, 0.25) is 0 Å². The molecule has 0 aromatic heterocycles. The summed E-state index contributed by atoms with van der Waals surface area (Å²) in [6, 6.07) is 4.90. The fourth-order valence-electron chi connectivity index (χ4n) is 1.02. The first-order valence-electron chi connectivity index (χ1n) is 4.08. The van der Waals surface area contributed by atoms with E-state index in [4.69, 9.17) is 16.6 Å². The number of rotatable bonds is 4. The van der Waals surface area contributed by atoms with E-state index in [2.05, 4.69) is 0 Å². The molecular formula is C9H12N2O2S. The molecule has 14 heavy (non-hydrogen) atoms. The van der Waals surface area contributed by atoms with Crippen LogP contribution in [-0.2, 0) is 0 Å². The van der Waals surface area contributed by atoms with E-state index in [0.29, 0.717) is 21.9 Å². The Morgan fingerprint density at radius 3 is 2.79 bits per heavy atom. The Labute approximate surface area is 86.3 Å². The van der Waals surface area contributed by atoms with Crippen molar-refractivity contribution in [1.82, 2.24) is 0 Å². The van der Waals surface area contributed by atoms with E-state index in [1.54, 1.807) is 18.2 Å². The number of aliphatic hydroxyl groups is 1. The van der Waals surface area contributed by atoms with Gasteiger partial charge in [0, 0.05) is 16.3 Å². The Bertz CT molecular complexity index is 342. The zero-order valence-corrected chi connectivity index (χ0v) is 8.38. The second kappa shape index (κ2) is 4.88. The monoisotopic (exact) mass is 212 g/mol. The molecule has 1 aromatic carbocycles. The Morgan fingerprint density at radius 2 is 2.21 bits per heavy atom. The number of nitrogens with two attached hydrogens (primary N) is 2. The average Bonchev–Trinajstić information content (AvgIpc) is 2.14. The van der Waals surface area contributed by atoms with Crippen LogP contribution in [0.3, 0.4) is 0 Å². The lowest BCUT2D eigenvalue weighted by molar-refractivity contribution is 0.0997. The van der Waals surface area contributed by atoms with E-state index >= 15 is 0 Å². The molecule has 0 heterocycles. The highest BCUT2D eigenvalue weighted by atomic mass is 32.2. The molecule has 76 valence electrons. The summed E-state index contributed by atoms with van der Waals surface area (Å²) in [6.07, 6.45) is 0. The summed E-state index contributed by atoms with van der Waals surface area (Å²) in [5.74, 6) is 0.0365. The number of benzene rings is 1. The van der Waals surface area contributed by atoms with E-state index in [1.807, 2.05) is 0 Å². The lowest BCUT2D eigenvalue weighted by Crippen LogP contribution is -2.12. The lowest BCUT2D eigenvalue weighted by Gasteiger charge is -2.06. The molecular weight excluding hydrogens is 200 g/mol. The van der Waals surface area contributed by atoms with Gasteiger partial charge in [-0.2, -0.15) is 0 Å². The van der Waals surface area contributed by atoms with Crippen molar-refractivity contribution in [2.45, 2.75) is 4.90 Å². The number of nitrogen functional groups attached to an aromatic ring is 1. The summed E-state index contributed by atoms with van der Waals surface area (Å²) >= 11 is 1.36. The van der Waals surface area contributed by atoms with Crippen LogP contribution in [0, 0.1) is 0 Å². The number of thioether (sulfide) groups is 1. The molecule has 0 aliphatic carbocycles. The van der Waals surface area contributed by atoms with Crippen molar-refractivity contribution >= 4 is 23.4 Å². The van der Waals surface area contributed by atoms with Crippen molar-refractivity contribution < 1.29 is 9.90 Å². The van der Waals surface area contributed by atoms with Gasteiger partial charge in [0.1, 0.15) is 0 Å². The second-order valence-electron chi connectivity index (χ2n) is 2.69. The van der Waals surface area contributed by atoms with Crippen LogP contribution in [0.15, 0.2) is 23.1 Å². The summed E-state index contributed by atoms with van der Waals surface area (Å²) in [5, 5.41) is 8.66. The zero-order valence-electron chi connectivity index (χ0n) is 7.56. The number of hydrogen-bond donors (Lipinski definition) is 3. The molecule has 1 amide bonds. The predicted molar refractivity (Wildman–Crippen MR) is 57.2 cm³/mol. The molecule has 5 N–H and O–H groups in total. The van der Waals surface area contributed by atoms with Crippen molar-refractivity contribution in [2.24, 2.45) is 5.73 Å². The summed E-state index contributed by atoms with van der Waals surface area (Å²) in [4.78, 5) is 11.7. The van der Waals surface area contributed by atoms with Crippen LogP contribution in [0.1, 0.15) is 10.4 Å². The smallest absolute Gasteiger partial charge is 0.249 e. The van der Waals surface area contributed by atoms with Crippen LogP contribution in [0.5, 0.6) is 0 Å². The number of anilines is 1. The third-order valence-corrected chi connectivity index (χ3v) is 2.66. The van der Waals surface area contributed by atoms with Gasteiger partial charge in [-0.1, -0.05) is 0 Å². The highest BCUT2D eigenvalue weighted by molar-refractivity contribution is 7.99. The molecule has 0 spiro atoms. The predicted octanol–water partition coefficient (Wildman–Crippen LogP) is 0.452. The van der Waals surface area contributed by atoms with E-state index in [0.717, 1.165) is 0 Å². The molecule has 1 rings (SSSR count). The van der Waals surface area contributed by atoms with Gasteiger partial charge in [-0.15, -0.1) is 11.8 Å². The van der Waals surface area contributed by atoms with Gasteiger partial charge >= 0.3 is 0 Å². The third-order valence-electron chi connectivity index (χ3n) is 1.62. The zero-order chi connectivity index (χ0) is 10.6. The van der Waals surface area contributed by atoms with Crippen LogP contribution in [0.4, 0.5) is 5.69 Å². The number of aliphatic hydroxyl groups excluding tert-OH is 1. The van der Waals surface area contributed by atoms with Crippen molar-refractivity contribution in [3.63, 3.8) is 0 Å². The second-order valence-corrected chi connectivity index (χ2v) is 3.83. The molecule has 0 saturated heterocycles. The lowest BCUT2D eigenvalue weighted by atomic mass is 10.2. The Balaban J connectivity index is 2.97. The SMILES string of the molecule is NC(=O)c1ccc(N)cc1SCCO. The molecule has 0 unspecified atom stereocenters. The van der Waals surface area contributed by atoms with Crippen molar-refractivity contribution in [3.05, 3.63) is 23.8 Å². The first-order valence-corrected chi connectivity index (χ1v) is 5.06. The minimum Gasteiger partial charge on any atom is -0.399 e. The van der Waals surface area contributed by atoms with Crippen molar-refractivity contribution in [3.8, 4) is 0 Å². The highest BCUT2D eigenvalue weighted by Crippen LogP contribution is 2.24.